The summed E-state index contributed by atoms with van der Waals surface area (Å²) in [5.74, 6) is 0.579. The number of aliphatic hydroxyl groups excluding tert-OH is 2. The van der Waals surface area contributed by atoms with Gasteiger partial charge in [-0.3, -0.25) is 19.4 Å². The van der Waals surface area contributed by atoms with Gasteiger partial charge in [-0.1, -0.05) is 24.3 Å². The number of carbonyl (C=O) groups excluding carboxylic acids is 3. The van der Waals surface area contributed by atoms with Crippen LogP contribution in [-0.4, -0.2) is 98.9 Å². The molecule has 1 saturated heterocycles. The van der Waals surface area contributed by atoms with Gasteiger partial charge in [0.25, 0.3) is 17.7 Å². The zero-order valence-electron chi connectivity index (χ0n) is 30.0. The van der Waals surface area contributed by atoms with E-state index in [4.69, 9.17) is 14.6 Å². The molecule has 2 aromatic heterocycles. The fourth-order valence-electron chi connectivity index (χ4n) is 6.31. The fraction of sp³-hybridized carbons (Fsp3) is 0.342. The van der Waals surface area contributed by atoms with Gasteiger partial charge in [-0.25, -0.2) is 4.98 Å². The van der Waals surface area contributed by atoms with Gasteiger partial charge in [0, 0.05) is 69.7 Å². The molecule has 0 saturated carbocycles. The van der Waals surface area contributed by atoms with Crippen molar-refractivity contribution in [1.82, 2.24) is 24.3 Å². The van der Waals surface area contributed by atoms with E-state index in [1.807, 2.05) is 18.3 Å². The Bertz CT molecular complexity index is 2030. The second-order valence-electron chi connectivity index (χ2n) is 13.1. The number of carbonyl (C=O) groups is 3. The lowest BCUT2D eigenvalue weighted by atomic mass is 10.1. The van der Waals surface area contributed by atoms with Crippen LogP contribution in [0.2, 0.25) is 0 Å². The first-order valence-electron chi connectivity index (χ1n) is 17.4. The molecular formula is C38H44N8O7. The summed E-state index contributed by atoms with van der Waals surface area (Å²) in [5, 5.41) is 28.2. The molecule has 6 rings (SSSR count). The molecule has 1 unspecified atom stereocenters. The zero-order valence-corrected chi connectivity index (χ0v) is 30.0. The molecule has 53 heavy (non-hydrogen) atoms. The summed E-state index contributed by atoms with van der Waals surface area (Å²) in [6.07, 6.45) is 6.27. The predicted molar refractivity (Wildman–Crippen MR) is 200 cm³/mol. The summed E-state index contributed by atoms with van der Waals surface area (Å²) in [5.41, 5.74) is 4.72. The summed E-state index contributed by atoms with van der Waals surface area (Å²) in [7, 11) is 4.99. The third-order valence-corrected chi connectivity index (χ3v) is 9.06. The summed E-state index contributed by atoms with van der Waals surface area (Å²) in [4.78, 5) is 49.5. The van der Waals surface area contributed by atoms with E-state index in [0.717, 1.165) is 16.7 Å². The maximum atomic E-state index is 13.2. The smallest absolute Gasteiger partial charge is 0.291 e. The number of aromatic nitrogens is 3. The van der Waals surface area contributed by atoms with Crippen LogP contribution in [0.3, 0.4) is 0 Å². The standard InChI is InChI=1S/C38H44N8O7/c1-23-15-27-19-40-29-18-32(31(52-4)17-28(29)38(51)46(27)20-23)53-14-5-7-34(48)42-33-22-45(3)35(43-33)37(50)41-26-10-8-24(9-11-26)25-16-30(44(2)21-25)36(49)39-12-6-13-47/h8-11,16-19,21-22,27,34,42,47-48H,1,5-7,12-15,20H2,2-4H3,(H,39,49)(H,41,50)/t27-,34?/m0/s1. The second-order valence-corrected chi connectivity index (χ2v) is 13.1. The monoisotopic (exact) mass is 724 g/mol. The molecule has 2 aromatic carbocycles. The number of anilines is 2. The minimum Gasteiger partial charge on any atom is -0.493 e. The third-order valence-electron chi connectivity index (χ3n) is 9.06. The largest absolute Gasteiger partial charge is 0.493 e. The van der Waals surface area contributed by atoms with Gasteiger partial charge in [-0.05, 0) is 55.5 Å². The van der Waals surface area contributed by atoms with Crippen molar-refractivity contribution < 1.29 is 34.1 Å². The van der Waals surface area contributed by atoms with Gasteiger partial charge in [0.15, 0.2) is 11.5 Å². The van der Waals surface area contributed by atoms with Crippen molar-refractivity contribution in [3.63, 3.8) is 0 Å². The molecule has 3 amide bonds. The van der Waals surface area contributed by atoms with Crippen LogP contribution in [-0.2, 0) is 14.1 Å². The maximum absolute atomic E-state index is 13.2. The van der Waals surface area contributed by atoms with Crippen LogP contribution in [0.4, 0.5) is 17.2 Å². The van der Waals surface area contributed by atoms with Crippen LogP contribution < -0.4 is 25.4 Å². The lowest BCUT2D eigenvalue weighted by Gasteiger charge is -2.20. The number of amides is 3. The molecule has 1 fully saturated rings. The number of fused-ring (bicyclic) bond motifs is 2. The van der Waals surface area contributed by atoms with Crippen LogP contribution in [0.25, 0.3) is 11.1 Å². The lowest BCUT2D eigenvalue weighted by Crippen LogP contribution is -2.35. The van der Waals surface area contributed by atoms with E-state index in [9.17, 15) is 19.5 Å². The topological polar surface area (TPSA) is 185 Å². The molecule has 0 bridgehead atoms. The fourth-order valence-corrected chi connectivity index (χ4v) is 6.31. The molecule has 15 nitrogen and oxygen atoms in total. The van der Waals surface area contributed by atoms with Crippen LogP contribution >= 0.6 is 0 Å². The lowest BCUT2D eigenvalue weighted by molar-refractivity contribution is 0.0777. The first-order valence-corrected chi connectivity index (χ1v) is 17.4. The number of hydrogen-bond acceptors (Lipinski definition) is 10. The van der Waals surface area contributed by atoms with Gasteiger partial charge >= 0.3 is 0 Å². The molecule has 4 aromatic rings. The normalized spacial score (nSPS) is 15.4. The highest BCUT2D eigenvalue weighted by Crippen LogP contribution is 2.38. The zero-order chi connectivity index (χ0) is 37.6. The summed E-state index contributed by atoms with van der Waals surface area (Å²) in [6.45, 7) is 5.18. The van der Waals surface area contributed by atoms with Crippen molar-refractivity contribution in [3.05, 3.63) is 84.1 Å². The molecule has 0 radical (unpaired) electrons. The van der Waals surface area contributed by atoms with E-state index in [0.29, 0.717) is 78.7 Å². The number of benzene rings is 2. The Morgan fingerprint density at radius 2 is 1.83 bits per heavy atom. The molecule has 278 valence electrons. The Balaban J connectivity index is 0.989. The van der Waals surface area contributed by atoms with Gasteiger partial charge in [0.1, 0.15) is 17.7 Å². The van der Waals surface area contributed by atoms with Gasteiger partial charge in [-0.15, -0.1) is 0 Å². The minimum absolute atomic E-state index is 0.00915. The Morgan fingerprint density at radius 3 is 2.58 bits per heavy atom. The number of hydrogen-bond donors (Lipinski definition) is 5. The van der Waals surface area contributed by atoms with Crippen molar-refractivity contribution in [3.8, 4) is 22.6 Å². The molecule has 5 N–H and O–H groups in total. The predicted octanol–water partition coefficient (Wildman–Crippen LogP) is 3.87. The molecule has 2 aliphatic rings. The average molecular weight is 725 g/mol. The van der Waals surface area contributed by atoms with E-state index >= 15 is 0 Å². The van der Waals surface area contributed by atoms with Gasteiger partial charge < -0.3 is 49.7 Å². The highest BCUT2D eigenvalue weighted by atomic mass is 16.5. The van der Waals surface area contributed by atoms with E-state index in [-0.39, 0.29) is 36.9 Å². The molecular weight excluding hydrogens is 680 g/mol. The Labute approximate surface area is 306 Å². The van der Waals surface area contributed by atoms with Crippen LogP contribution in [0, 0.1) is 0 Å². The van der Waals surface area contributed by atoms with Crippen LogP contribution in [0.5, 0.6) is 11.5 Å². The Kier molecular flexibility index (Phi) is 11.2. The maximum Gasteiger partial charge on any atom is 0.291 e. The number of aliphatic imine (C=N–C) groups is 1. The van der Waals surface area contributed by atoms with Crippen molar-refractivity contribution in [2.45, 2.75) is 38.0 Å². The van der Waals surface area contributed by atoms with Crippen molar-refractivity contribution in [1.29, 1.82) is 0 Å². The van der Waals surface area contributed by atoms with Gasteiger partial charge in [-0.2, -0.15) is 0 Å². The molecule has 0 aliphatic carbocycles. The molecule has 4 heterocycles. The number of ether oxygens (including phenoxy) is 2. The SMILES string of the molecule is C=C1C[C@H]2C=Nc3cc(OCCCC(O)Nc4cn(C)c(C(=O)Nc5ccc(-c6cc(C(=O)NCCCO)n(C)c6)cc5)n4)c(OC)cc3C(=O)N2C1. The van der Waals surface area contributed by atoms with Crippen LogP contribution in [0.15, 0.2) is 72.0 Å². The summed E-state index contributed by atoms with van der Waals surface area (Å²) < 4.78 is 14.8. The van der Waals surface area contributed by atoms with E-state index < -0.39 is 12.1 Å². The van der Waals surface area contributed by atoms with Gasteiger partial charge in [0.05, 0.1) is 31.0 Å². The van der Waals surface area contributed by atoms with Gasteiger partial charge in [0.2, 0.25) is 5.82 Å². The molecule has 0 spiro atoms. The first kappa shape index (κ1) is 36.8. The van der Waals surface area contributed by atoms with Crippen LogP contribution in [0.1, 0.15) is 57.1 Å². The highest BCUT2D eigenvalue weighted by molar-refractivity contribution is 6.04. The Morgan fingerprint density at radius 1 is 1.04 bits per heavy atom. The number of aryl methyl sites for hydroxylation is 2. The second kappa shape index (κ2) is 16.2. The van der Waals surface area contributed by atoms with Crippen molar-refractivity contribution >= 4 is 41.1 Å². The van der Waals surface area contributed by atoms with Crippen molar-refractivity contribution in [2.24, 2.45) is 19.1 Å². The third kappa shape index (κ3) is 8.42. The van der Waals surface area contributed by atoms with E-state index in [1.165, 1.54) is 7.11 Å². The number of aliphatic hydroxyl groups is 2. The van der Waals surface area contributed by atoms with E-state index in [2.05, 4.69) is 32.5 Å². The van der Waals surface area contributed by atoms with Crippen molar-refractivity contribution in [2.75, 3.05) is 44.0 Å². The first-order chi connectivity index (χ1) is 25.5. The number of rotatable bonds is 15. The summed E-state index contributed by atoms with van der Waals surface area (Å²) in [6, 6.07) is 12.3. The number of nitrogens with one attached hydrogen (secondary N) is 3. The number of methoxy groups -OCH3 is 1. The quantitative estimate of drug-likeness (QED) is 0.0690. The highest BCUT2D eigenvalue weighted by Gasteiger charge is 2.34. The average Bonchev–Trinajstić information content (AvgIpc) is 3.82. The molecule has 2 aliphatic heterocycles. The molecule has 2 atom stereocenters. The van der Waals surface area contributed by atoms with E-state index in [1.54, 1.807) is 70.9 Å². The Hall–Kier alpha value is -5.93. The number of nitrogens with zero attached hydrogens (tertiary/aromatic N) is 5. The molecule has 15 heteroatoms. The minimum atomic E-state index is -0.957. The number of imidazole rings is 1. The summed E-state index contributed by atoms with van der Waals surface area (Å²) >= 11 is 0.